The lowest BCUT2D eigenvalue weighted by Gasteiger charge is -2.06. The van der Waals surface area contributed by atoms with Crippen molar-refractivity contribution < 1.29 is 9.52 Å². The molecule has 1 heterocycles. The minimum atomic E-state index is -0.778. The number of rotatable bonds is 2. The number of hydrazone groups is 1. The van der Waals surface area contributed by atoms with E-state index >= 15 is 0 Å². The van der Waals surface area contributed by atoms with Crippen molar-refractivity contribution in [2.24, 2.45) is 10.8 Å². The maximum atomic E-state index is 11.9. The maximum Gasteiger partial charge on any atom is 0.332 e. The van der Waals surface area contributed by atoms with Gasteiger partial charge in [-0.25, -0.2) is 15.2 Å². The van der Waals surface area contributed by atoms with Crippen LogP contribution >= 0.6 is 0 Å². The van der Waals surface area contributed by atoms with E-state index in [-0.39, 0.29) is 0 Å². The molecule has 3 N–H and O–H groups in total. The molecule has 7 nitrogen and oxygen atoms in total. The Kier molecular flexibility index (Phi) is 3.05. The van der Waals surface area contributed by atoms with Crippen LogP contribution in [0.15, 0.2) is 29.4 Å². The van der Waals surface area contributed by atoms with Crippen LogP contribution in [0.5, 0.6) is 0 Å². The predicted octanol–water partition coefficient (Wildman–Crippen LogP) is 0.179. The van der Waals surface area contributed by atoms with Crippen LogP contribution in [0, 0.1) is 12.1 Å². The Balaban J connectivity index is 2.48. The van der Waals surface area contributed by atoms with Gasteiger partial charge in [-0.2, -0.15) is 9.83 Å². The van der Waals surface area contributed by atoms with Gasteiger partial charge in [0.25, 0.3) is 0 Å². The number of hydrogen-bond donors (Lipinski definition) is 2. The molecule has 0 fully saturated rings. The quantitative estimate of drug-likeness (QED) is 0.341. The molecule has 2 aromatic rings. The first kappa shape index (κ1) is 11.8. The lowest BCUT2D eigenvalue weighted by Crippen LogP contribution is -2.33. The number of carbonyl (C=O) groups is 1. The third kappa shape index (κ3) is 2.19. The van der Waals surface area contributed by atoms with Gasteiger partial charge in [0.15, 0.2) is 5.69 Å². The third-order valence-corrected chi connectivity index (χ3v) is 2.38. The summed E-state index contributed by atoms with van der Waals surface area (Å²) in [5, 5.41) is 15.5. The number of aromatic nitrogens is 2. The van der Waals surface area contributed by atoms with E-state index < -0.39 is 6.03 Å². The van der Waals surface area contributed by atoms with Crippen LogP contribution < -0.4 is 15.9 Å². The summed E-state index contributed by atoms with van der Waals surface area (Å²) in [6.07, 6.45) is 1.28. The number of para-hydroxylation sites is 2. The lowest BCUT2D eigenvalue weighted by molar-refractivity contribution is -0.584. The van der Waals surface area contributed by atoms with Crippen LogP contribution in [0.25, 0.3) is 11.0 Å². The minimum Gasteiger partial charge on any atom is -0.618 e. The number of amides is 2. The molecule has 0 aliphatic carbocycles. The summed E-state index contributed by atoms with van der Waals surface area (Å²) < 4.78 is 0.772. The van der Waals surface area contributed by atoms with Gasteiger partial charge in [-0.3, -0.25) is 0 Å². The van der Waals surface area contributed by atoms with Crippen molar-refractivity contribution in [2.75, 3.05) is 0 Å². The van der Waals surface area contributed by atoms with Crippen LogP contribution in [0.3, 0.4) is 0 Å². The van der Waals surface area contributed by atoms with E-state index in [1.54, 1.807) is 31.2 Å². The number of nitrogens with two attached hydrogens (primary N) is 1. The zero-order valence-corrected chi connectivity index (χ0v) is 9.62. The smallest absolute Gasteiger partial charge is 0.332 e. The molecule has 0 atom stereocenters. The van der Waals surface area contributed by atoms with Gasteiger partial charge in [0.2, 0.25) is 11.2 Å². The first-order chi connectivity index (χ1) is 8.59. The predicted molar refractivity (Wildman–Crippen MR) is 65.8 cm³/mol. The molecule has 0 unspecified atom stereocenters. The Morgan fingerprint density at radius 3 is 3.00 bits per heavy atom. The van der Waals surface area contributed by atoms with Gasteiger partial charge in [0.05, 0.1) is 6.21 Å². The molecular weight excluding hydrogens is 234 g/mol. The van der Waals surface area contributed by atoms with Gasteiger partial charge in [-0.1, -0.05) is 12.1 Å². The van der Waals surface area contributed by atoms with Gasteiger partial charge in [-0.15, -0.1) is 0 Å². The van der Waals surface area contributed by atoms with E-state index in [2.05, 4.69) is 10.1 Å². The number of fused-ring (bicyclic) bond motifs is 1. The number of nitrogens with zero attached hydrogens (tertiary/aromatic N) is 3. The standard InChI is InChI=1S/C11H11N5O2/c1-7-9(6-13-15-11(12)17)14-8-4-2-3-5-10(8)16(7)18/h2-6H,1H3,(H3,12,15,17)/b13-6+. The summed E-state index contributed by atoms with van der Waals surface area (Å²) >= 11 is 0. The average Bonchev–Trinajstić information content (AvgIpc) is 2.35. The monoisotopic (exact) mass is 245 g/mol. The Morgan fingerprint density at radius 2 is 2.28 bits per heavy atom. The second kappa shape index (κ2) is 4.66. The Hall–Kier alpha value is -2.70. The van der Waals surface area contributed by atoms with Crippen molar-refractivity contribution in [1.82, 2.24) is 10.4 Å². The van der Waals surface area contributed by atoms with E-state index in [0.29, 0.717) is 22.4 Å². The molecule has 1 aromatic heterocycles. The van der Waals surface area contributed by atoms with E-state index in [1.165, 1.54) is 6.21 Å². The summed E-state index contributed by atoms with van der Waals surface area (Å²) in [7, 11) is 0. The van der Waals surface area contributed by atoms with Crippen molar-refractivity contribution in [3.05, 3.63) is 40.9 Å². The zero-order chi connectivity index (χ0) is 13.1. The summed E-state index contributed by atoms with van der Waals surface area (Å²) in [4.78, 5) is 14.7. The molecule has 0 aliphatic heterocycles. The van der Waals surface area contributed by atoms with E-state index in [4.69, 9.17) is 5.73 Å². The molecule has 0 spiro atoms. The number of hydrogen-bond acceptors (Lipinski definition) is 4. The van der Waals surface area contributed by atoms with Crippen LogP contribution in [0.2, 0.25) is 0 Å². The summed E-state index contributed by atoms with van der Waals surface area (Å²) in [6.45, 7) is 1.62. The number of primary amides is 1. The minimum absolute atomic E-state index is 0.373. The van der Waals surface area contributed by atoms with E-state index in [0.717, 1.165) is 4.73 Å². The summed E-state index contributed by atoms with van der Waals surface area (Å²) in [6, 6.07) is 6.18. The van der Waals surface area contributed by atoms with Gasteiger partial charge in [0, 0.05) is 13.0 Å². The molecule has 2 amide bonds. The van der Waals surface area contributed by atoms with Crippen LogP contribution in [-0.4, -0.2) is 17.2 Å². The Morgan fingerprint density at radius 1 is 1.56 bits per heavy atom. The largest absolute Gasteiger partial charge is 0.618 e. The zero-order valence-electron chi connectivity index (χ0n) is 9.62. The Labute approximate surface area is 103 Å². The topological polar surface area (TPSA) is 107 Å². The fraction of sp³-hybridized carbons (Fsp3) is 0.0909. The number of carbonyl (C=O) groups excluding carboxylic acids is 1. The third-order valence-electron chi connectivity index (χ3n) is 2.38. The van der Waals surface area contributed by atoms with Crippen LogP contribution in [0.1, 0.15) is 11.4 Å². The van der Waals surface area contributed by atoms with Crippen molar-refractivity contribution in [1.29, 1.82) is 0 Å². The molecule has 0 saturated heterocycles. The average molecular weight is 245 g/mol. The van der Waals surface area contributed by atoms with Gasteiger partial charge in [-0.05, 0) is 6.07 Å². The number of nitrogens with one attached hydrogen (secondary N) is 1. The second-order valence-electron chi connectivity index (χ2n) is 3.60. The Bertz CT molecular complexity index is 639. The fourth-order valence-corrected chi connectivity index (χ4v) is 1.51. The molecule has 1 aromatic carbocycles. The summed E-state index contributed by atoms with van der Waals surface area (Å²) in [5.74, 6) is 0. The summed E-state index contributed by atoms with van der Waals surface area (Å²) in [5.41, 5.74) is 8.71. The highest BCUT2D eigenvalue weighted by molar-refractivity contribution is 5.83. The first-order valence-electron chi connectivity index (χ1n) is 5.17. The van der Waals surface area contributed by atoms with Gasteiger partial charge >= 0.3 is 6.03 Å². The van der Waals surface area contributed by atoms with Gasteiger partial charge < -0.3 is 10.9 Å². The van der Waals surface area contributed by atoms with Crippen molar-refractivity contribution in [3.63, 3.8) is 0 Å². The van der Waals surface area contributed by atoms with Crippen molar-refractivity contribution in [3.8, 4) is 0 Å². The van der Waals surface area contributed by atoms with Crippen molar-refractivity contribution >= 4 is 23.3 Å². The highest BCUT2D eigenvalue weighted by atomic mass is 16.5. The maximum absolute atomic E-state index is 11.9. The molecule has 7 heteroatoms. The van der Waals surface area contributed by atoms with Gasteiger partial charge in [0.1, 0.15) is 5.52 Å². The molecule has 2 rings (SSSR count). The van der Waals surface area contributed by atoms with Crippen LogP contribution in [-0.2, 0) is 0 Å². The molecule has 0 saturated carbocycles. The second-order valence-corrected chi connectivity index (χ2v) is 3.60. The number of benzene rings is 1. The highest BCUT2D eigenvalue weighted by Crippen LogP contribution is 2.08. The highest BCUT2D eigenvalue weighted by Gasteiger charge is 2.12. The van der Waals surface area contributed by atoms with Crippen LogP contribution in [0.4, 0.5) is 4.79 Å². The molecule has 92 valence electrons. The molecule has 18 heavy (non-hydrogen) atoms. The molecule has 0 bridgehead atoms. The normalized spacial score (nSPS) is 10.9. The molecule has 0 radical (unpaired) electrons. The fourth-order valence-electron chi connectivity index (χ4n) is 1.51. The van der Waals surface area contributed by atoms with Crippen molar-refractivity contribution in [2.45, 2.75) is 6.92 Å². The van der Waals surface area contributed by atoms with E-state index in [9.17, 15) is 10.0 Å². The van der Waals surface area contributed by atoms with E-state index in [1.807, 2.05) is 5.43 Å². The SMILES string of the molecule is Cc1c(/C=N/NC(N)=O)nc2ccccc2[n+]1[O-]. The lowest BCUT2D eigenvalue weighted by atomic mass is 10.2. The molecule has 0 aliphatic rings. The first-order valence-corrected chi connectivity index (χ1v) is 5.17. The number of urea groups is 1. The molecular formula is C11H11N5O2.